The van der Waals surface area contributed by atoms with Crippen LogP contribution < -0.4 is 9.64 Å². The van der Waals surface area contributed by atoms with Gasteiger partial charge in [-0.2, -0.15) is 0 Å². The van der Waals surface area contributed by atoms with Crippen LogP contribution in [-0.2, 0) is 4.79 Å². The standard InChI is InChI=1S/C9H9NO3/c11-6-10-3-4-13-9-2-1-7(12)5-8(9)10/h1-2,5-6,12H,3-4H2. The lowest BCUT2D eigenvalue weighted by molar-refractivity contribution is -0.107. The van der Waals surface area contributed by atoms with Gasteiger partial charge in [0.2, 0.25) is 6.41 Å². The number of hydrogen-bond donors (Lipinski definition) is 1. The van der Waals surface area contributed by atoms with Crippen LogP contribution in [0.3, 0.4) is 0 Å². The Hall–Kier alpha value is -1.71. The Balaban J connectivity index is 2.47. The number of anilines is 1. The Morgan fingerprint density at radius 1 is 1.54 bits per heavy atom. The average Bonchev–Trinajstić information content (AvgIpc) is 2.17. The van der Waals surface area contributed by atoms with Gasteiger partial charge in [-0.15, -0.1) is 0 Å². The minimum absolute atomic E-state index is 0.135. The summed E-state index contributed by atoms with van der Waals surface area (Å²) in [5.41, 5.74) is 0.626. The van der Waals surface area contributed by atoms with E-state index in [1.807, 2.05) is 0 Å². The summed E-state index contributed by atoms with van der Waals surface area (Å²) in [5.74, 6) is 0.771. The summed E-state index contributed by atoms with van der Waals surface area (Å²) in [6, 6.07) is 4.70. The van der Waals surface area contributed by atoms with Gasteiger partial charge in [0.25, 0.3) is 0 Å². The number of carbonyl (C=O) groups is 1. The molecule has 1 aromatic carbocycles. The Morgan fingerprint density at radius 3 is 3.15 bits per heavy atom. The number of aromatic hydroxyl groups is 1. The number of nitrogens with zero attached hydrogens (tertiary/aromatic N) is 1. The molecule has 4 nitrogen and oxygen atoms in total. The third kappa shape index (κ3) is 1.30. The van der Waals surface area contributed by atoms with Crippen LogP contribution in [-0.4, -0.2) is 24.7 Å². The Bertz CT molecular complexity index is 338. The number of phenols is 1. The lowest BCUT2D eigenvalue weighted by Crippen LogP contribution is -2.31. The molecule has 1 aliphatic rings. The maximum absolute atomic E-state index is 10.6. The van der Waals surface area contributed by atoms with Crippen molar-refractivity contribution in [2.75, 3.05) is 18.1 Å². The molecule has 0 aliphatic carbocycles. The van der Waals surface area contributed by atoms with Gasteiger partial charge in [-0.05, 0) is 12.1 Å². The van der Waals surface area contributed by atoms with E-state index in [-0.39, 0.29) is 5.75 Å². The first-order valence-corrected chi connectivity index (χ1v) is 3.99. The molecule has 1 N–H and O–H groups in total. The zero-order valence-electron chi connectivity index (χ0n) is 6.93. The summed E-state index contributed by atoms with van der Waals surface area (Å²) in [5, 5.41) is 9.20. The molecule has 0 atom stereocenters. The molecule has 0 fully saturated rings. The second-order valence-electron chi connectivity index (χ2n) is 2.80. The predicted molar refractivity (Wildman–Crippen MR) is 47.0 cm³/mol. The largest absolute Gasteiger partial charge is 0.508 e. The van der Waals surface area contributed by atoms with Gasteiger partial charge >= 0.3 is 0 Å². The van der Waals surface area contributed by atoms with Gasteiger partial charge in [0.05, 0.1) is 12.2 Å². The molecule has 68 valence electrons. The fraction of sp³-hybridized carbons (Fsp3) is 0.222. The smallest absolute Gasteiger partial charge is 0.214 e. The first-order chi connectivity index (χ1) is 6.31. The zero-order chi connectivity index (χ0) is 9.26. The maximum Gasteiger partial charge on any atom is 0.214 e. The van der Waals surface area contributed by atoms with E-state index in [0.29, 0.717) is 24.6 Å². The van der Waals surface area contributed by atoms with Gasteiger partial charge < -0.3 is 14.7 Å². The van der Waals surface area contributed by atoms with Crippen LogP contribution in [0.4, 0.5) is 5.69 Å². The molecule has 1 aliphatic heterocycles. The number of fused-ring (bicyclic) bond motifs is 1. The number of ether oxygens (including phenoxy) is 1. The van der Waals surface area contributed by atoms with Gasteiger partial charge in [-0.25, -0.2) is 0 Å². The predicted octanol–water partition coefficient (Wildman–Crippen LogP) is 0.747. The van der Waals surface area contributed by atoms with Crippen LogP contribution in [0.25, 0.3) is 0 Å². The first-order valence-electron chi connectivity index (χ1n) is 3.99. The molecule has 4 heteroatoms. The molecule has 2 rings (SSSR count). The summed E-state index contributed by atoms with van der Waals surface area (Å²) >= 11 is 0. The third-order valence-corrected chi connectivity index (χ3v) is 1.97. The maximum atomic E-state index is 10.6. The number of phenolic OH excluding ortho intramolecular Hbond substituents is 1. The molecular weight excluding hydrogens is 170 g/mol. The van der Waals surface area contributed by atoms with Crippen LogP contribution in [0.5, 0.6) is 11.5 Å². The molecule has 1 heterocycles. The van der Waals surface area contributed by atoms with Crippen molar-refractivity contribution in [1.82, 2.24) is 0 Å². The highest BCUT2D eigenvalue weighted by Crippen LogP contribution is 2.33. The molecule has 0 aromatic heterocycles. The Labute approximate surface area is 75.3 Å². The van der Waals surface area contributed by atoms with Crippen LogP contribution >= 0.6 is 0 Å². The first kappa shape index (κ1) is 7.91. The van der Waals surface area contributed by atoms with Crippen molar-refractivity contribution in [1.29, 1.82) is 0 Å². The number of benzene rings is 1. The highest BCUT2D eigenvalue weighted by molar-refractivity contribution is 5.80. The molecule has 0 saturated carbocycles. The fourth-order valence-corrected chi connectivity index (χ4v) is 1.34. The second-order valence-corrected chi connectivity index (χ2v) is 2.80. The van der Waals surface area contributed by atoms with Crippen molar-refractivity contribution in [3.05, 3.63) is 18.2 Å². The summed E-state index contributed by atoms with van der Waals surface area (Å²) in [7, 11) is 0. The minimum atomic E-state index is 0.135. The van der Waals surface area contributed by atoms with Crippen molar-refractivity contribution in [2.24, 2.45) is 0 Å². The van der Waals surface area contributed by atoms with Gasteiger partial charge in [0.1, 0.15) is 18.1 Å². The molecular formula is C9H9NO3. The molecule has 0 saturated heterocycles. The quantitative estimate of drug-likeness (QED) is 0.647. The highest BCUT2D eigenvalue weighted by Gasteiger charge is 2.17. The fourth-order valence-electron chi connectivity index (χ4n) is 1.34. The molecule has 1 amide bonds. The minimum Gasteiger partial charge on any atom is -0.508 e. The number of amides is 1. The van der Waals surface area contributed by atoms with E-state index in [9.17, 15) is 9.90 Å². The number of hydrogen-bond acceptors (Lipinski definition) is 3. The topological polar surface area (TPSA) is 49.8 Å². The Morgan fingerprint density at radius 2 is 2.38 bits per heavy atom. The lowest BCUT2D eigenvalue weighted by Gasteiger charge is -2.25. The van der Waals surface area contributed by atoms with E-state index in [1.165, 1.54) is 17.0 Å². The SMILES string of the molecule is O=CN1CCOc2ccc(O)cc21. The van der Waals surface area contributed by atoms with Crippen molar-refractivity contribution >= 4 is 12.1 Å². The van der Waals surface area contributed by atoms with Crippen molar-refractivity contribution in [2.45, 2.75) is 0 Å². The highest BCUT2D eigenvalue weighted by atomic mass is 16.5. The van der Waals surface area contributed by atoms with Gasteiger partial charge in [0.15, 0.2) is 0 Å². The van der Waals surface area contributed by atoms with Crippen LogP contribution in [0.15, 0.2) is 18.2 Å². The second kappa shape index (κ2) is 2.97. The number of rotatable bonds is 1. The van der Waals surface area contributed by atoms with Gasteiger partial charge in [-0.1, -0.05) is 0 Å². The molecule has 0 spiro atoms. The van der Waals surface area contributed by atoms with Crippen LogP contribution in [0.2, 0.25) is 0 Å². The summed E-state index contributed by atoms with van der Waals surface area (Å²) in [4.78, 5) is 12.1. The van der Waals surface area contributed by atoms with Crippen LogP contribution in [0, 0.1) is 0 Å². The Kier molecular flexibility index (Phi) is 1.81. The molecule has 0 bridgehead atoms. The van der Waals surface area contributed by atoms with E-state index in [0.717, 1.165) is 6.41 Å². The molecule has 13 heavy (non-hydrogen) atoms. The summed E-state index contributed by atoms with van der Waals surface area (Å²) in [6.45, 7) is 1.02. The van der Waals surface area contributed by atoms with Crippen molar-refractivity contribution in [3.8, 4) is 11.5 Å². The summed E-state index contributed by atoms with van der Waals surface area (Å²) in [6.07, 6.45) is 0.737. The summed E-state index contributed by atoms with van der Waals surface area (Å²) < 4.78 is 5.30. The molecule has 1 aromatic rings. The average molecular weight is 179 g/mol. The van der Waals surface area contributed by atoms with Crippen molar-refractivity contribution < 1.29 is 14.6 Å². The zero-order valence-corrected chi connectivity index (χ0v) is 6.93. The van der Waals surface area contributed by atoms with E-state index in [2.05, 4.69) is 0 Å². The molecule has 0 unspecified atom stereocenters. The van der Waals surface area contributed by atoms with E-state index in [4.69, 9.17) is 4.74 Å². The van der Waals surface area contributed by atoms with E-state index in [1.54, 1.807) is 6.07 Å². The van der Waals surface area contributed by atoms with Crippen LogP contribution in [0.1, 0.15) is 0 Å². The van der Waals surface area contributed by atoms with E-state index >= 15 is 0 Å². The van der Waals surface area contributed by atoms with E-state index < -0.39 is 0 Å². The lowest BCUT2D eigenvalue weighted by atomic mass is 10.2. The van der Waals surface area contributed by atoms with Gasteiger partial charge in [-0.3, -0.25) is 4.79 Å². The molecule has 0 radical (unpaired) electrons. The number of carbonyl (C=O) groups excluding carboxylic acids is 1. The monoisotopic (exact) mass is 179 g/mol. The van der Waals surface area contributed by atoms with Crippen molar-refractivity contribution in [3.63, 3.8) is 0 Å². The normalized spacial score (nSPS) is 14.6. The third-order valence-electron chi connectivity index (χ3n) is 1.97. The van der Waals surface area contributed by atoms with Gasteiger partial charge in [0, 0.05) is 6.07 Å².